The Morgan fingerprint density at radius 1 is 1.10 bits per heavy atom. The summed E-state index contributed by atoms with van der Waals surface area (Å²) in [5, 5.41) is 1.34. The molecule has 0 saturated heterocycles. The van der Waals surface area contributed by atoms with Gasteiger partial charge in [0.1, 0.15) is 16.8 Å². The van der Waals surface area contributed by atoms with Crippen molar-refractivity contribution in [1.29, 1.82) is 0 Å². The van der Waals surface area contributed by atoms with Crippen LogP contribution in [0.25, 0.3) is 0 Å². The minimum atomic E-state index is 0.397. The van der Waals surface area contributed by atoms with Crippen LogP contribution in [0.3, 0.4) is 0 Å². The quantitative estimate of drug-likeness (QED) is 0.576. The average Bonchev–Trinajstić information content (AvgIpc) is 2.41. The van der Waals surface area contributed by atoms with Crippen molar-refractivity contribution in [3.8, 4) is 0 Å². The normalized spacial score (nSPS) is 10.9. The molecule has 1 heterocycles. The Morgan fingerprint density at radius 2 is 1.81 bits per heavy atom. The first-order valence-corrected chi connectivity index (χ1v) is 8.24. The second kappa shape index (κ2) is 7.78. The van der Waals surface area contributed by atoms with Crippen molar-refractivity contribution in [2.24, 2.45) is 0 Å². The third-order valence-electron chi connectivity index (χ3n) is 2.82. The second-order valence-electron chi connectivity index (χ2n) is 4.87. The third kappa shape index (κ3) is 5.30. The molecule has 0 bridgehead atoms. The number of thioether (sulfide) groups is 1. The van der Waals surface area contributed by atoms with Crippen molar-refractivity contribution in [1.82, 2.24) is 9.97 Å². The van der Waals surface area contributed by atoms with Gasteiger partial charge >= 0.3 is 0 Å². The monoisotopic (exact) mass is 322 g/mol. The van der Waals surface area contributed by atoms with Gasteiger partial charge in [-0.05, 0) is 26.3 Å². The summed E-state index contributed by atoms with van der Waals surface area (Å²) in [6.45, 7) is 7.21. The number of rotatable bonds is 6. The van der Waals surface area contributed by atoms with E-state index >= 15 is 0 Å². The molecule has 5 heteroatoms. The zero-order valence-corrected chi connectivity index (χ0v) is 14.1. The van der Waals surface area contributed by atoms with Crippen LogP contribution in [0.15, 0.2) is 29.3 Å². The molecule has 2 aromatic rings. The van der Waals surface area contributed by atoms with E-state index < -0.39 is 0 Å². The molecule has 0 aliphatic carbocycles. The Morgan fingerprint density at radius 3 is 2.48 bits per heavy atom. The predicted octanol–water partition coefficient (Wildman–Crippen LogP) is 4.58. The number of aryl methyl sites for hydroxylation is 2. The Kier molecular flexibility index (Phi) is 6.03. The van der Waals surface area contributed by atoms with Gasteiger partial charge in [0.2, 0.25) is 0 Å². The lowest BCUT2D eigenvalue weighted by Crippen LogP contribution is -2.00. The van der Waals surface area contributed by atoms with Crippen molar-refractivity contribution in [3.63, 3.8) is 0 Å². The standard InChI is InChI=1S/C16H19ClN2OS/c1-4-20-9-15-18-14(17)8-16(19-15)21-10-13-6-11(2)5-12(3)7-13/h5-8H,4,9-10H2,1-3H3. The van der Waals surface area contributed by atoms with Crippen LogP contribution in [0.1, 0.15) is 29.4 Å². The molecule has 2 rings (SSSR count). The van der Waals surface area contributed by atoms with Gasteiger partial charge < -0.3 is 4.74 Å². The summed E-state index contributed by atoms with van der Waals surface area (Å²) in [4.78, 5) is 8.64. The van der Waals surface area contributed by atoms with Crippen LogP contribution in [-0.2, 0) is 17.1 Å². The van der Waals surface area contributed by atoms with Crippen LogP contribution in [-0.4, -0.2) is 16.6 Å². The molecule has 0 radical (unpaired) electrons. The van der Waals surface area contributed by atoms with E-state index in [1.165, 1.54) is 16.7 Å². The molecular formula is C16H19ClN2OS. The lowest BCUT2D eigenvalue weighted by Gasteiger charge is -2.07. The van der Waals surface area contributed by atoms with Gasteiger partial charge in [-0.3, -0.25) is 0 Å². The number of aromatic nitrogens is 2. The fourth-order valence-corrected chi connectivity index (χ4v) is 3.20. The van der Waals surface area contributed by atoms with Gasteiger partial charge in [-0.2, -0.15) is 0 Å². The predicted molar refractivity (Wildman–Crippen MR) is 87.8 cm³/mol. The van der Waals surface area contributed by atoms with Gasteiger partial charge in [-0.25, -0.2) is 9.97 Å². The lowest BCUT2D eigenvalue weighted by atomic mass is 10.1. The van der Waals surface area contributed by atoms with Gasteiger partial charge in [0.15, 0.2) is 5.82 Å². The molecule has 0 aliphatic rings. The van der Waals surface area contributed by atoms with Crippen LogP contribution in [0.5, 0.6) is 0 Å². The molecule has 0 saturated carbocycles. The molecule has 3 nitrogen and oxygen atoms in total. The first kappa shape index (κ1) is 16.3. The maximum Gasteiger partial charge on any atom is 0.156 e. The first-order valence-electron chi connectivity index (χ1n) is 6.88. The van der Waals surface area contributed by atoms with Crippen molar-refractivity contribution in [2.45, 2.75) is 38.2 Å². The molecule has 0 aliphatic heterocycles. The number of halogens is 1. The summed E-state index contributed by atoms with van der Waals surface area (Å²) in [7, 11) is 0. The first-order chi connectivity index (χ1) is 10.1. The molecule has 1 aromatic heterocycles. The van der Waals surface area contributed by atoms with Crippen molar-refractivity contribution < 1.29 is 4.74 Å². The van der Waals surface area contributed by atoms with Gasteiger partial charge in [-0.15, -0.1) is 11.8 Å². The van der Waals surface area contributed by atoms with Crippen molar-refractivity contribution in [2.75, 3.05) is 6.61 Å². The van der Waals surface area contributed by atoms with E-state index in [0.29, 0.717) is 24.2 Å². The Labute approximate surface area is 135 Å². The van der Waals surface area contributed by atoms with Gasteiger partial charge in [0, 0.05) is 18.4 Å². The van der Waals surface area contributed by atoms with Crippen LogP contribution in [0.2, 0.25) is 5.15 Å². The van der Waals surface area contributed by atoms with E-state index in [4.69, 9.17) is 16.3 Å². The number of ether oxygens (including phenoxy) is 1. The van der Waals surface area contributed by atoms with E-state index in [1.54, 1.807) is 17.8 Å². The van der Waals surface area contributed by atoms with E-state index in [0.717, 1.165) is 10.8 Å². The van der Waals surface area contributed by atoms with Crippen molar-refractivity contribution >= 4 is 23.4 Å². The lowest BCUT2D eigenvalue weighted by molar-refractivity contribution is 0.128. The molecule has 1 aromatic carbocycles. The SMILES string of the molecule is CCOCc1nc(Cl)cc(SCc2cc(C)cc(C)c2)n1. The second-order valence-corrected chi connectivity index (χ2v) is 6.25. The maximum absolute atomic E-state index is 6.04. The van der Waals surface area contributed by atoms with Crippen LogP contribution < -0.4 is 0 Å². The highest BCUT2D eigenvalue weighted by atomic mass is 35.5. The molecular weight excluding hydrogens is 304 g/mol. The topological polar surface area (TPSA) is 35.0 Å². The summed E-state index contributed by atoms with van der Waals surface area (Å²) < 4.78 is 5.33. The maximum atomic E-state index is 6.04. The summed E-state index contributed by atoms with van der Waals surface area (Å²) in [6, 6.07) is 8.37. The highest BCUT2D eigenvalue weighted by molar-refractivity contribution is 7.98. The number of hydrogen-bond donors (Lipinski definition) is 0. The smallest absolute Gasteiger partial charge is 0.156 e. The Balaban J connectivity index is 2.06. The molecule has 112 valence electrons. The number of hydrogen-bond acceptors (Lipinski definition) is 4. The third-order valence-corrected chi connectivity index (χ3v) is 4.00. The van der Waals surface area contributed by atoms with E-state index in [1.807, 2.05) is 6.92 Å². The zero-order valence-electron chi connectivity index (χ0n) is 12.5. The molecule has 0 spiro atoms. The Bertz CT molecular complexity index is 599. The molecule has 21 heavy (non-hydrogen) atoms. The van der Waals surface area contributed by atoms with Crippen LogP contribution in [0.4, 0.5) is 0 Å². The molecule has 0 unspecified atom stereocenters. The van der Waals surface area contributed by atoms with Crippen molar-refractivity contribution in [3.05, 3.63) is 51.9 Å². The fraction of sp³-hybridized carbons (Fsp3) is 0.375. The molecule has 0 fully saturated rings. The van der Waals surface area contributed by atoms with Crippen LogP contribution >= 0.6 is 23.4 Å². The average molecular weight is 323 g/mol. The molecule has 0 amide bonds. The zero-order chi connectivity index (χ0) is 15.2. The van der Waals surface area contributed by atoms with E-state index in [9.17, 15) is 0 Å². The van der Waals surface area contributed by atoms with Crippen LogP contribution in [0, 0.1) is 13.8 Å². The molecule has 0 N–H and O–H groups in total. The number of benzene rings is 1. The highest BCUT2D eigenvalue weighted by Gasteiger charge is 2.05. The van der Waals surface area contributed by atoms with E-state index in [2.05, 4.69) is 42.0 Å². The summed E-state index contributed by atoms with van der Waals surface area (Å²) in [5.74, 6) is 1.50. The summed E-state index contributed by atoms with van der Waals surface area (Å²) >= 11 is 7.70. The van der Waals surface area contributed by atoms with E-state index in [-0.39, 0.29) is 0 Å². The minimum absolute atomic E-state index is 0.397. The number of nitrogens with zero attached hydrogens (tertiary/aromatic N) is 2. The highest BCUT2D eigenvalue weighted by Crippen LogP contribution is 2.24. The minimum Gasteiger partial charge on any atom is -0.374 e. The summed E-state index contributed by atoms with van der Waals surface area (Å²) in [6.07, 6.45) is 0. The molecule has 0 atom stereocenters. The van der Waals surface area contributed by atoms with Gasteiger partial charge in [-0.1, -0.05) is 40.9 Å². The Hall–Kier alpha value is -1.10. The largest absolute Gasteiger partial charge is 0.374 e. The van der Waals surface area contributed by atoms with Gasteiger partial charge in [0.05, 0.1) is 0 Å². The van der Waals surface area contributed by atoms with Gasteiger partial charge in [0.25, 0.3) is 0 Å². The summed E-state index contributed by atoms with van der Waals surface area (Å²) in [5.41, 5.74) is 3.85. The fourth-order valence-electron chi connectivity index (χ4n) is 2.08.